The van der Waals surface area contributed by atoms with Crippen molar-refractivity contribution in [3.05, 3.63) is 23.9 Å². The first-order chi connectivity index (χ1) is 6.38. The Hall–Kier alpha value is -1.49. The van der Waals surface area contributed by atoms with Gasteiger partial charge in [0.2, 0.25) is 5.88 Å². The van der Waals surface area contributed by atoms with E-state index in [4.69, 9.17) is 4.74 Å². The van der Waals surface area contributed by atoms with Crippen LogP contribution in [0, 0.1) is 11.8 Å². The zero-order valence-corrected chi connectivity index (χ0v) is 8.59. The van der Waals surface area contributed by atoms with Crippen molar-refractivity contribution >= 4 is 0 Å². The summed E-state index contributed by atoms with van der Waals surface area (Å²) in [6.45, 7) is 5.78. The number of hydrogen-bond acceptors (Lipinski definition) is 2. The lowest BCUT2D eigenvalue weighted by Crippen LogP contribution is -1.89. The number of pyridine rings is 1. The Bertz CT molecular complexity index is 296. The van der Waals surface area contributed by atoms with Crippen LogP contribution in [0.5, 0.6) is 5.88 Å². The zero-order chi connectivity index (χ0) is 10.1. The van der Waals surface area contributed by atoms with Crippen molar-refractivity contribution in [2.75, 3.05) is 7.11 Å². The van der Waals surface area contributed by atoms with Crippen molar-refractivity contribution in [3.63, 3.8) is 0 Å². The van der Waals surface area contributed by atoms with Crippen LogP contribution >= 0.6 is 0 Å². The van der Waals surface area contributed by atoms with Crippen LogP contribution < -0.4 is 4.74 Å². The van der Waals surface area contributed by atoms with E-state index in [-0.39, 0.29) is 0 Å². The molecule has 0 radical (unpaired) electrons. The first-order valence-corrected chi connectivity index (χ1v) is 4.30. The number of hydrogen-bond donors (Lipinski definition) is 0. The molecule has 0 saturated carbocycles. The van der Waals surface area contributed by atoms with Gasteiger partial charge in [-0.15, -0.1) is 5.92 Å². The fourth-order valence-corrected chi connectivity index (χ4v) is 0.783. The Morgan fingerprint density at radius 3 is 2.62 bits per heavy atom. The molecule has 0 aliphatic heterocycles. The van der Waals surface area contributed by atoms with Gasteiger partial charge in [0.1, 0.15) is 0 Å². The molecule has 1 heterocycles. The van der Waals surface area contributed by atoms with Gasteiger partial charge < -0.3 is 4.74 Å². The summed E-state index contributed by atoms with van der Waals surface area (Å²) in [6.07, 6.45) is 1.68. The van der Waals surface area contributed by atoms with Crippen molar-refractivity contribution < 1.29 is 4.74 Å². The molecule has 0 unspecified atom stereocenters. The van der Waals surface area contributed by atoms with Crippen LogP contribution in [0.25, 0.3) is 0 Å². The van der Waals surface area contributed by atoms with Crippen molar-refractivity contribution in [1.29, 1.82) is 0 Å². The van der Waals surface area contributed by atoms with Gasteiger partial charge in [0.15, 0.2) is 0 Å². The molecule has 0 fully saturated rings. The second kappa shape index (κ2) is 7.17. The van der Waals surface area contributed by atoms with Crippen LogP contribution in [0.2, 0.25) is 0 Å². The molecule has 13 heavy (non-hydrogen) atoms. The highest BCUT2D eigenvalue weighted by molar-refractivity contribution is 5.40. The predicted molar refractivity (Wildman–Crippen MR) is 54.7 cm³/mol. The second-order valence-corrected chi connectivity index (χ2v) is 1.94. The standard InChI is InChI=1S/C9H9NO.C2H6/c1-3-5-8-6-4-7-10-9(8)11-2;1-2/h4,6-7H,1-2H3;1-2H3. The van der Waals surface area contributed by atoms with Crippen molar-refractivity contribution in [2.24, 2.45) is 0 Å². The summed E-state index contributed by atoms with van der Waals surface area (Å²) in [5.74, 6) is 6.26. The molecule has 0 spiro atoms. The Balaban J connectivity index is 0.000000671. The maximum Gasteiger partial charge on any atom is 0.229 e. The molecule has 70 valence electrons. The van der Waals surface area contributed by atoms with E-state index in [2.05, 4.69) is 16.8 Å². The molecule has 0 aliphatic rings. The molecule has 1 aromatic rings. The van der Waals surface area contributed by atoms with E-state index in [0.717, 1.165) is 5.56 Å². The number of ether oxygens (including phenoxy) is 1. The average molecular weight is 177 g/mol. The van der Waals surface area contributed by atoms with Gasteiger partial charge in [-0.2, -0.15) is 0 Å². The number of aromatic nitrogens is 1. The molecule has 1 rings (SSSR count). The van der Waals surface area contributed by atoms with Crippen LogP contribution in [0.3, 0.4) is 0 Å². The summed E-state index contributed by atoms with van der Waals surface area (Å²) in [5.41, 5.74) is 0.831. The first-order valence-electron chi connectivity index (χ1n) is 4.30. The Labute approximate surface area is 80.0 Å². The average Bonchev–Trinajstić information content (AvgIpc) is 2.22. The van der Waals surface area contributed by atoms with Gasteiger partial charge in [-0.05, 0) is 19.1 Å². The van der Waals surface area contributed by atoms with Crippen molar-refractivity contribution in [3.8, 4) is 17.7 Å². The topological polar surface area (TPSA) is 22.1 Å². The number of rotatable bonds is 1. The maximum absolute atomic E-state index is 4.98. The van der Waals surface area contributed by atoms with Crippen LogP contribution in [0.1, 0.15) is 26.3 Å². The van der Waals surface area contributed by atoms with Gasteiger partial charge in [-0.3, -0.25) is 0 Å². The minimum Gasteiger partial charge on any atom is -0.480 e. The summed E-state index contributed by atoms with van der Waals surface area (Å²) >= 11 is 0. The summed E-state index contributed by atoms with van der Waals surface area (Å²) < 4.78 is 4.98. The van der Waals surface area contributed by atoms with E-state index in [1.54, 1.807) is 20.2 Å². The van der Waals surface area contributed by atoms with Gasteiger partial charge >= 0.3 is 0 Å². The number of nitrogens with zero attached hydrogens (tertiary/aromatic N) is 1. The number of methoxy groups -OCH3 is 1. The maximum atomic E-state index is 4.98. The normalized spacial score (nSPS) is 7.38. The van der Waals surface area contributed by atoms with E-state index >= 15 is 0 Å². The molecule has 0 bridgehead atoms. The van der Waals surface area contributed by atoms with Crippen LogP contribution in [-0.4, -0.2) is 12.1 Å². The van der Waals surface area contributed by atoms with E-state index < -0.39 is 0 Å². The van der Waals surface area contributed by atoms with Crippen LogP contribution in [0.15, 0.2) is 18.3 Å². The fourth-order valence-electron chi connectivity index (χ4n) is 0.783. The smallest absolute Gasteiger partial charge is 0.229 e. The lowest BCUT2D eigenvalue weighted by molar-refractivity contribution is 0.396. The van der Waals surface area contributed by atoms with Gasteiger partial charge in [-0.25, -0.2) is 4.98 Å². The van der Waals surface area contributed by atoms with E-state index in [0.29, 0.717) is 5.88 Å². The zero-order valence-electron chi connectivity index (χ0n) is 8.59. The summed E-state index contributed by atoms with van der Waals surface area (Å²) in [5, 5.41) is 0. The molecule has 0 atom stereocenters. The molecule has 1 aromatic heterocycles. The summed E-state index contributed by atoms with van der Waals surface area (Å²) in [6, 6.07) is 3.71. The van der Waals surface area contributed by atoms with Crippen LogP contribution in [0.4, 0.5) is 0 Å². The highest BCUT2D eigenvalue weighted by Crippen LogP contribution is 2.10. The summed E-state index contributed by atoms with van der Waals surface area (Å²) in [7, 11) is 1.59. The van der Waals surface area contributed by atoms with Gasteiger partial charge in [0.05, 0.1) is 12.7 Å². The molecule has 0 aliphatic carbocycles. The van der Waals surface area contributed by atoms with Crippen molar-refractivity contribution in [2.45, 2.75) is 20.8 Å². The van der Waals surface area contributed by atoms with Gasteiger partial charge in [0, 0.05) is 6.20 Å². The third kappa shape index (κ3) is 3.62. The third-order valence-corrected chi connectivity index (χ3v) is 1.22. The van der Waals surface area contributed by atoms with Crippen LogP contribution in [-0.2, 0) is 0 Å². The minimum atomic E-state index is 0.585. The van der Waals surface area contributed by atoms with E-state index in [1.807, 2.05) is 26.0 Å². The molecule has 2 nitrogen and oxygen atoms in total. The first kappa shape index (κ1) is 11.5. The second-order valence-electron chi connectivity index (χ2n) is 1.94. The molecule has 0 saturated heterocycles. The molecule has 0 N–H and O–H groups in total. The lowest BCUT2D eigenvalue weighted by Gasteiger charge is -1.98. The summed E-state index contributed by atoms with van der Waals surface area (Å²) in [4.78, 5) is 3.99. The molecular weight excluding hydrogens is 162 g/mol. The third-order valence-electron chi connectivity index (χ3n) is 1.22. The quantitative estimate of drug-likeness (QED) is 0.615. The lowest BCUT2D eigenvalue weighted by atomic mass is 10.3. The van der Waals surface area contributed by atoms with Crippen molar-refractivity contribution in [1.82, 2.24) is 4.98 Å². The predicted octanol–water partition coefficient (Wildman–Crippen LogP) is 2.49. The Morgan fingerprint density at radius 1 is 1.38 bits per heavy atom. The Morgan fingerprint density at radius 2 is 2.08 bits per heavy atom. The monoisotopic (exact) mass is 177 g/mol. The largest absolute Gasteiger partial charge is 0.480 e. The van der Waals surface area contributed by atoms with Gasteiger partial charge in [-0.1, -0.05) is 19.8 Å². The van der Waals surface area contributed by atoms with E-state index in [1.165, 1.54) is 0 Å². The van der Waals surface area contributed by atoms with Gasteiger partial charge in [0.25, 0.3) is 0 Å². The molecular formula is C11H15NO. The highest BCUT2D eigenvalue weighted by atomic mass is 16.5. The highest BCUT2D eigenvalue weighted by Gasteiger charge is 1.96. The molecule has 0 aromatic carbocycles. The SMILES string of the molecule is CC.CC#Cc1cccnc1OC. The molecule has 2 heteroatoms. The minimum absolute atomic E-state index is 0.585. The van der Waals surface area contributed by atoms with E-state index in [9.17, 15) is 0 Å². The fraction of sp³-hybridized carbons (Fsp3) is 0.364. The molecule has 0 amide bonds. The Kier molecular flexibility index (Phi) is 6.35.